The largest absolute Gasteiger partial charge is 0.494 e. The number of ether oxygens (including phenoxy) is 1. The Bertz CT molecular complexity index is 344. The molecule has 1 saturated carbocycles. The van der Waals surface area contributed by atoms with Crippen LogP contribution in [0.25, 0.3) is 0 Å². The van der Waals surface area contributed by atoms with Crippen molar-refractivity contribution in [1.29, 1.82) is 0 Å². The van der Waals surface area contributed by atoms with Gasteiger partial charge in [-0.15, -0.1) is 0 Å². The number of rotatable bonds is 8. The molecule has 0 aromatic heterocycles. The van der Waals surface area contributed by atoms with E-state index in [1.807, 2.05) is 0 Å². The third-order valence-corrected chi connectivity index (χ3v) is 3.11. The van der Waals surface area contributed by atoms with Crippen molar-refractivity contribution in [2.45, 2.75) is 31.8 Å². The summed E-state index contributed by atoms with van der Waals surface area (Å²) in [6.45, 7) is 2.84. The lowest BCUT2D eigenvalue weighted by atomic mass is 10.2. The molecular formula is C15H24N2O. The molecule has 1 aromatic carbocycles. The molecule has 100 valence electrons. The van der Waals surface area contributed by atoms with Crippen molar-refractivity contribution in [3.63, 3.8) is 0 Å². The summed E-state index contributed by atoms with van der Waals surface area (Å²) in [5, 5.41) is 3.51. The summed E-state index contributed by atoms with van der Waals surface area (Å²) in [6, 6.07) is 9.21. The molecule has 1 aromatic rings. The third-order valence-electron chi connectivity index (χ3n) is 3.11. The zero-order valence-electron chi connectivity index (χ0n) is 11.5. The number of nitrogens with zero attached hydrogens (tertiary/aromatic N) is 1. The van der Waals surface area contributed by atoms with Gasteiger partial charge in [0.25, 0.3) is 0 Å². The van der Waals surface area contributed by atoms with E-state index in [-0.39, 0.29) is 0 Å². The maximum atomic E-state index is 5.70. The first-order valence-electron chi connectivity index (χ1n) is 6.84. The molecule has 1 N–H and O–H groups in total. The second-order valence-electron chi connectivity index (χ2n) is 5.30. The lowest BCUT2D eigenvalue weighted by Gasteiger charge is -2.10. The van der Waals surface area contributed by atoms with Crippen LogP contribution in [0, 0.1) is 0 Å². The summed E-state index contributed by atoms with van der Waals surface area (Å²) in [7, 11) is 4.17. The molecule has 0 saturated heterocycles. The highest BCUT2D eigenvalue weighted by Crippen LogP contribution is 2.19. The normalized spacial score (nSPS) is 15.1. The van der Waals surface area contributed by atoms with Gasteiger partial charge in [0.15, 0.2) is 0 Å². The van der Waals surface area contributed by atoms with Gasteiger partial charge in [0, 0.05) is 19.1 Å². The zero-order valence-corrected chi connectivity index (χ0v) is 11.5. The van der Waals surface area contributed by atoms with Crippen LogP contribution in [0.15, 0.2) is 24.3 Å². The molecule has 3 heteroatoms. The quantitative estimate of drug-likeness (QED) is 0.714. The molecule has 0 aliphatic heterocycles. The van der Waals surface area contributed by atoms with Gasteiger partial charge in [-0.25, -0.2) is 0 Å². The van der Waals surface area contributed by atoms with E-state index in [1.54, 1.807) is 0 Å². The highest BCUT2D eigenvalue weighted by atomic mass is 16.5. The molecule has 1 fully saturated rings. The Kier molecular flexibility index (Phi) is 5.02. The first-order valence-corrected chi connectivity index (χ1v) is 6.84. The lowest BCUT2D eigenvalue weighted by molar-refractivity contribution is 0.281. The van der Waals surface area contributed by atoms with Crippen molar-refractivity contribution >= 4 is 0 Å². The van der Waals surface area contributed by atoms with Gasteiger partial charge in [-0.3, -0.25) is 0 Å². The van der Waals surface area contributed by atoms with E-state index in [0.29, 0.717) is 0 Å². The minimum Gasteiger partial charge on any atom is -0.494 e. The fourth-order valence-electron chi connectivity index (χ4n) is 1.82. The Balaban J connectivity index is 1.66. The van der Waals surface area contributed by atoms with Gasteiger partial charge < -0.3 is 15.0 Å². The molecule has 0 unspecified atom stereocenters. The van der Waals surface area contributed by atoms with Gasteiger partial charge in [0.05, 0.1) is 6.61 Å². The molecule has 0 radical (unpaired) electrons. The van der Waals surface area contributed by atoms with E-state index in [2.05, 4.69) is 48.6 Å². The Hall–Kier alpha value is -1.06. The first kappa shape index (κ1) is 13.4. The second-order valence-corrected chi connectivity index (χ2v) is 5.30. The second kappa shape index (κ2) is 6.76. The van der Waals surface area contributed by atoms with Crippen LogP contribution in [0.2, 0.25) is 0 Å². The fraction of sp³-hybridized carbons (Fsp3) is 0.600. The van der Waals surface area contributed by atoms with Gasteiger partial charge in [0.1, 0.15) is 5.75 Å². The molecule has 0 atom stereocenters. The van der Waals surface area contributed by atoms with Gasteiger partial charge in [-0.1, -0.05) is 12.1 Å². The predicted molar refractivity (Wildman–Crippen MR) is 75.0 cm³/mol. The topological polar surface area (TPSA) is 24.5 Å². The molecule has 1 aliphatic carbocycles. The first-order chi connectivity index (χ1) is 8.74. The number of benzene rings is 1. The summed E-state index contributed by atoms with van der Waals surface area (Å²) in [5.74, 6) is 0.976. The average Bonchev–Trinajstić information content (AvgIpc) is 3.17. The number of nitrogens with one attached hydrogen (secondary N) is 1. The average molecular weight is 248 g/mol. The maximum Gasteiger partial charge on any atom is 0.119 e. The van der Waals surface area contributed by atoms with E-state index < -0.39 is 0 Å². The predicted octanol–water partition coefficient (Wildman–Crippen LogP) is 2.27. The minimum atomic E-state index is 0.770. The maximum absolute atomic E-state index is 5.70. The van der Waals surface area contributed by atoms with Crippen molar-refractivity contribution in [2.24, 2.45) is 0 Å². The molecule has 0 bridgehead atoms. The SMILES string of the molecule is CN(C)CCCOc1ccc(CNC2CC2)cc1. The van der Waals surface area contributed by atoms with Crippen LogP contribution in [0.4, 0.5) is 0 Å². The van der Waals surface area contributed by atoms with E-state index in [4.69, 9.17) is 4.74 Å². The molecule has 0 heterocycles. The Morgan fingerprint density at radius 2 is 1.94 bits per heavy atom. The highest BCUT2D eigenvalue weighted by Gasteiger charge is 2.19. The Morgan fingerprint density at radius 1 is 1.22 bits per heavy atom. The molecule has 0 spiro atoms. The molecule has 2 rings (SSSR count). The molecular weight excluding hydrogens is 224 g/mol. The molecule has 0 amide bonds. The Labute approximate surface area is 110 Å². The van der Waals surface area contributed by atoms with Crippen molar-refractivity contribution in [3.05, 3.63) is 29.8 Å². The van der Waals surface area contributed by atoms with E-state index >= 15 is 0 Å². The zero-order chi connectivity index (χ0) is 12.8. The summed E-state index contributed by atoms with van der Waals surface area (Å²) in [6.07, 6.45) is 3.75. The van der Waals surface area contributed by atoms with Gasteiger partial charge in [-0.2, -0.15) is 0 Å². The standard InChI is InChI=1S/C15H24N2O/c1-17(2)10-3-11-18-15-8-4-13(5-9-15)12-16-14-6-7-14/h4-5,8-9,14,16H,3,6-7,10-12H2,1-2H3. The number of hydrogen-bond donors (Lipinski definition) is 1. The Morgan fingerprint density at radius 3 is 2.56 bits per heavy atom. The van der Waals surface area contributed by atoms with Gasteiger partial charge in [0.2, 0.25) is 0 Å². The van der Waals surface area contributed by atoms with Crippen LogP contribution >= 0.6 is 0 Å². The summed E-state index contributed by atoms with van der Waals surface area (Å²) in [4.78, 5) is 2.18. The summed E-state index contributed by atoms with van der Waals surface area (Å²) in [5.41, 5.74) is 1.34. The van der Waals surface area contributed by atoms with E-state index in [1.165, 1.54) is 18.4 Å². The van der Waals surface area contributed by atoms with Crippen molar-refractivity contribution in [3.8, 4) is 5.75 Å². The van der Waals surface area contributed by atoms with Crippen molar-refractivity contribution in [2.75, 3.05) is 27.2 Å². The molecule has 1 aliphatic rings. The van der Waals surface area contributed by atoms with E-state index in [9.17, 15) is 0 Å². The van der Waals surface area contributed by atoms with Crippen molar-refractivity contribution < 1.29 is 4.74 Å². The van der Waals surface area contributed by atoms with Crippen LogP contribution in [0.3, 0.4) is 0 Å². The van der Waals surface area contributed by atoms with Crippen molar-refractivity contribution in [1.82, 2.24) is 10.2 Å². The summed E-state index contributed by atoms with van der Waals surface area (Å²) >= 11 is 0. The minimum absolute atomic E-state index is 0.770. The molecule has 3 nitrogen and oxygen atoms in total. The van der Waals surface area contributed by atoms with Crippen LogP contribution in [-0.2, 0) is 6.54 Å². The van der Waals surface area contributed by atoms with E-state index in [0.717, 1.165) is 37.9 Å². The highest BCUT2D eigenvalue weighted by molar-refractivity contribution is 5.27. The number of hydrogen-bond acceptors (Lipinski definition) is 3. The third kappa shape index (κ3) is 5.07. The molecule has 18 heavy (non-hydrogen) atoms. The summed E-state index contributed by atoms with van der Waals surface area (Å²) < 4.78 is 5.70. The lowest BCUT2D eigenvalue weighted by Crippen LogP contribution is -2.16. The van der Waals surface area contributed by atoms with Crippen LogP contribution < -0.4 is 10.1 Å². The van der Waals surface area contributed by atoms with Gasteiger partial charge in [-0.05, 0) is 51.1 Å². The smallest absolute Gasteiger partial charge is 0.119 e. The fourth-order valence-corrected chi connectivity index (χ4v) is 1.82. The monoisotopic (exact) mass is 248 g/mol. The van der Waals surface area contributed by atoms with Crippen LogP contribution in [-0.4, -0.2) is 38.2 Å². The van der Waals surface area contributed by atoms with Gasteiger partial charge >= 0.3 is 0 Å². The van der Waals surface area contributed by atoms with Crippen LogP contribution in [0.5, 0.6) is 5.75 Å². The van der Waals surface area contributed by atoms with Crippen LogP contribution in [0.1, 0.15) is 24.8 Å².